The molecule has 1 amide bonds. The van der Waals surface area contributed by atoms with Gasteiger partial charge in [-0.25, -0.2) is 8.42 Å². The Balaban J connectivity index is 1.14. The third-order valence-corrected chi connectivity index (χ3v) is 11.4. The van der Waals surface area contributed by atoms with Gasteiger partial charge < -0.3 is 24.8 Å². The summed E-state index contributed by atoms with van der Waals surface area (Å²) in [5, 5.41) is 12.8. The number of nitrogens with one attached hydrogen (secondary N) is 1. The summed E-state index contributed by atoms with van der Waals surface area (Å²) in [6.45, 7) is 5.07. The fraction of sp³-hybridized carbons (Fsp3) is 0.457. The van der Waals surface area contributed by atoms with Gasteiger partial charge in [-0.05, 0) is 72.6 Å². The van der Waals surface area contributed by atoms with Crippen LogP contribution in [-0.4, -0.2) is 87.2 Å². The molecule has 6 rings (SSSR count). The Morgan fingerprint density at radius 3 is 2.31 bits per heavy atom. The predicted molar refractivity (Wildman–Crippen MR) is 174 cm³/mol. The molecule has 3 aliphatic rings. The number of sulfone groups is 1. The number of likely N-dealkylation sites (tertiary alicyclic amines) is 1. The van der Waals surface area contributed by atoms with E-state index in [0.29, 0.717) is 29.8 Å². The Morgan fingerprint density at radius 1 is 1.06 bits per heavy atom. The number of ether oxygens (including phenoxy) is 2. The number of hydrogen-bond donors (Lipinski definition) is 2. The summed E-state index contributed by atoms with van der Waals surface area (Å²) in [5.41, 5.74) is 1.08. The van der Waals surface area contributed by atoms with Crippen molar-refractivity contribution in [2.75, 3.05) is 50.0 Å². The van der Waals surface area contributed by atoms with Crippen LogP contribution in [0.1, 0.15) is 53.7 Å². The molecule has 13 heteroatoms. The van der Waals surface area contributed by atoms with E-state index in [9.17, 15) is 31.5 Å². The van der Waals surface area contributed by atoms with Crippen LogP contribution in [0.2, 0.25) is 0 Å². The molecular weight excluding hydrogens is 647 g/mol. The maximum atomic E-state index is 13.2. The van der Waals surface area contributed by atoms with Gasteiger partial charge >= 0.3 is 6.18 Å². The molecule has 0 radical (unpaired) electrons. The van der Waals surface area contributed by atoms with E-state index in [1.807, 2.05) is 12.1 Å². The van der Waals surface area contributed by atoms with Crippen LogP contribution in [0.4, 0.5) is 18.9 Å². The molecule has 0 saturated carbocycles. The Morgan fingerprint density at radius 2 is 1.75 bits per heavy atom. The molecular formula is C35H40F3N3O6S. The number of carbonyl (C=O) groups excluding carboxylic acids is 1. The lowest BCUT2D eigenvalue weighted by Crippen LogP contribution is -2.47. The molecule has 3 aliphatic heterocycles. The standard InChI is InChI=1S/C35H40F3N3O6S/c1-2-48(44,45)31-13-5-24(6-14-31)32(22-42)39-33(43)25-3-9-27(10-4-25)41-21-30(47-29-11-7-26(8-12-29)35(36,37)38)19-28(41)20-40-17-15-34(23-40)16-18-46-34/h3-14,28,30,32,42H,2,15-23H2,1H3,(H,39,43)/t28-,30+,32-,34?/m0/s1. The summed E-state index contributed by atoms with van der Waals surface area (Å²) in [6.07, 6.45) is -1.95. The van der Waals surface area contributed by atoms with Crippen molar-refractivity contribution in [1.29, 1.82) is 0 Å². The first-order valence-corrected chi connectivity index (χ1v) is 17.8. The molecule has 1 unspecified atom stereocenters. The van der Waals surface area contributed by atoms with Crippen molar-refractivity contribution in [2.45, 2.75) is 61.0 Å². The average molecular weight is 688 g/mol. The number of hydrogen-bond acceptors (Lipinski definition) is 8. The van der Waals surface area contributed by atoms with Crippen LogP contribution in [0.5, 0.6) is 5.75 Å². The maximum absolute atomic E-state index is 13.2. The summed E-state index contributed by atoms with van der Waals surface area (Å²) >= 11 is 0. The molecule has 2 N–H and O–H groups in total. The van der Waals surface area contributed by atoms with Gasteiger partial charge in [0, 0.05) is 49.8 Å². The quantitative estimate of drug-likeness (QED) is 0.295. The van der Waals surface area contributed by atoms with Crippen LogP contribution < -0.4 is 15.0 Å². The van der Waals surface area contributed by atoms with Crippen molar-refractivity contribution in [3.63, 3.8) is 0 Å². The van der Waals surface area contributed by atoms with Crippen molar-refractivity contribution < 1.29 is 41.0 Å². The molecule has 0 bridgehead atoms. The Kier molecular flexibility index (Phi) is 9.76. The highest BCUT2D eigenvalue weighted by atomic mass is 32.2. The first-order valence-electron chi connectivity index (χ1n) is 16.2. The first-order chi connectivity index (χ1) is 22.9. The van der Waals surface area contributed by atoms with E-state index in [2.05, 4.69) is 15.1 Å². The number of aliphatic hydroxyl groups is 1. The topological polar surface area (TPSA) is 108 Å². The molecule has 3 saturated heterocycles. The third kappa shape index (κ3) is 7.49. The van der Waals surface area contributed by atoms with Gasteiger partial charge in [-0.2, -0.15) is 13.2 Å². The largest absolute Gasteiger partial charge is 0.489 e. The number of alkyl halides is 3. The van der Waals surface area contributed by atoms with Gasteiger partial charge in [0.15, 0.2) is 9.84 Å². The summed E-state index contributed by atoms with van der Waals surface area (Å²) in [5.74, 6) is -0.0413. The van der Waals surface area contributed by atoms with Crippen LogP contribution >= 0.6 is 0 Å². The SMILES string of the molecule is CCS(=O)(=O)c1ccc([C@H](CO)NC(=O)c2ccc(N3C[C@H](Oc4ccc(C(F)(F)F)cc4)C[C@H]3CN3CCC4(CCO4)C3)cc2)cc1. The molecule has 3 aromatic rings. The minimum Gasteiger partial charge on any atom is -0.489 e. The molecule has 4 atom stereocenters. The lowest BCUT2D eigenvalue weighted by Gasteiger charge is -2.39. The average Bonchev–Trinajstić information content (AvgIpc) is 3.68. The number of aliphatic hydroxyl groups excluding tert-OH is 1. The van der Waals surface area contributed by atoms with Gasteiger partial charge in [-0.1, -0.05) is 19.1 Å². The number of amides is 1. The van der Waals surface area contributed by atoms with E-state index in [0.717, 1.165) is 56.9 Å². The van der Waals surface area contributed by atoms with Crippen LogP contribution in [0.15, 0.2) is 77.7 Å². The van der Waals surface area contributed by atoms with Crippen molar-refractivity contribution >= 4 is 21.4 Å². The number of benzene rings is 3. The number of rotatable bonds is 11. The number of carbonyl (C=O) groups is 1. The van der Waals surface area contributed by atoms with Gasteiger partial charge in [-0.3, -0.25) is 9.69 Å². The van der Waals surface area contributed by atoms with Crippen molar-refractivity contribution in [1.82, 2.24) is 10.2 Å². The van der Waals surface area contributed by atoms with Gasteiger partial charge in [0.2, 0.25) is 0 Å². The molecule has 0 aromatic heterocycles. The highest BCUT2D eigenvalue weighted by Crippen LogP contribution is 2.38. The van der Waals surface area contributed by atoms with E-state index in [1.165, 1.54) is 24.3 Å². The number of nitrogens with zero attached hydrogens (tertiary/aromatic N) is 2. The molecule has 9 nitrogen and oxygen atoms in total. The summed E-state index contributed by atoms with van der Waals surface area (Å²) < 4.78 is 75.6. The monoisotopic (exact) mass is 687 g/mol. The van der Waals surface area contributed by atoms with Gasteiger partial charge in [0.1, 0.15) is 11.9 Å². The summed E-state index contributed by atoms with van der Waals surface area (Å²) in [4.78, 5) is 18.0. The third-order valence-electron chi connectivity index (χ3n) is 9.66. The minimum atomic E-state index is -4.42. The maximum Gasteiger partial charge on any atom is 0.416 e. The number of anilines is 1. The smallest absolute Gasteiger partial charge is 0.416 e. The molecule has 0 aliphatic carbocycles. The fourth-order valence-corrected chi connectivity index (χ4v) is 7.70. The van der Waals surface area contributed by atoms with Crippen LogP contribution in [-0.2, 0) is 20.8 Å². The van der Waals surface area contributed by atoms with Gasteiger partial charge in [-0.15, -0.1) is 0 Å². The molecule has 3 aromatic carbocycles. The van der Waals surface area contributed by atoms with Gasteiger partial charge in [0.05, 0.1) is 47.6 Å². The lowest BCUT2D eigenvalue weighted by atomic mass is 9.94. The fourth-order valence-electron chi connectivity index (χ4n) is 6.81. The highest BCUT2D eigenvalue weighted by Gasteiger charge is 2.46. The molecule has 3 heterocycles. The van der Waals surface area contributed by atoms with Crippen molar-refractivity contribution in [3.05, 3.63) is 89.5 Å². The second kappa shape index (κ2) is 13.7. The zero-order valence-electron chi connectivity index (χ0n) is 26.7. The minimum absolute atomic E-state index is 0.0264. The Hall–Kier alpha value is -3.65. The zero-order valence-corrected chi connectivity index (χ0v) is 27.5. The highest BCUT2D eigenvalue weighted by molar-refractivity contribution is 7.91. The molecule has 48 heavy (non-hydrogen) atoms. The van der Waals surface area contributed by atoms with E-state index in [-0.39, 0.29) is 35.0 Å². The summed E-state index contributed by atoms with van der Waals surface area (Å²) in [7, 11) is -3.37. The van der Waals surface area contributed by atoms with E-state index in [1.54, 1.807) is 31.2 Å². The molecule has 1 spiro atoms. The van der Waals surface area contributed by atoms with E-state index in [4.69, 9.17) is 9.47 Å². The van der Waals surface area contributed by atoms with Crippen molar-refractivity contribution in [3.8, 4) is 5.75 Å². The lowest BCUT2D eigenvalue weighted by molar-refractivity contribution is -0.137. The van der Waals surface area contributed by atoms with Gasteiger partial charge in [0.25, 0.3) is 5.91 Å². The molecule has 3 fully saturated rings. The summed E-state index contributed by atoms with van der Waals surface area (Å²) in [6, 6.07) is 17.4. The van der Waals surface area contributed by atoms with E-state index < -0.39 is 33.5 Å². The van der Waals surface area contributed by atoms with Crippen LogP contribution in [0.25, 0.3) is 0 Å². The van der Waals surface area contributed by atoms with Crippen LogP contribution in [0.3, 0.4) is 0 Å². The Bertz CT molecular complexity index is 1680. The predicted octanol–water partition coefficient (Wildman–Crippen LogP) is 4.85. The normalized spacial score (nSPS) is 23.6. The first kappa shape index (κ1) is 34.2. The van der Waals surface area contributed by atoms with E-state index >= 15 is 0 Å². The second-order valence-corrected chi connectivity index (χ2v) is 15.1. The molecule has 258 valence electrons. The second-order valence-electron chi connectivity index (χ2n) is 12.8. The number of halogens is 3. The zero-order chi connectivity index (χ0) is 34.1. The van der Waals surface area contributed by atoms with Crippen LogP contribution in [0, 0.1) is 0 Å². The Labute approximate surface area is 278 Å². The van der Waals surface area contributed by atoms with Crippen molar-refractivity contribution in [2.24, 2.45) is 0 Å².